The van der Waals surface area contributed by atoms with Gasteiger partial charge in [-0.1, -0.05) is 49.4 Å². The molecule has 0 fully saturated rings. The fourth-order valence-corrected chi connectivity index (χ4v) is 3.58. The Bertz CT molecular complexity index is 1100. The Balaban J connectivity index is 1.80. The number of allylic oxidation sites excluding steroid dienone is 2. The van der Waals surface area contributed by atoms with E-state index in [1.807, 2.05) is 43.3 Å². The van der Waals surface area contributed by atoms with Gasteiger partial charge in [-0.2, -0.15) is 5.10 Å². The largest absolute Gasteiger partial charge is 0.511 e. The molecule has 0 saturated heterocycles. The molecule has 0 amide bonds. The number of Topliss-reactive ketones (excluding diaryl/α,β-unsaturated/α-hetero) is 1. The quantitative estimate of drug-likeness (QED) is 0.385. The highest BCUT2D eigenvalue weighted by atomic mass is 16.3. The Labute approximate surface area is 157 Å². The molecule has 0 unspecified atom stereocenters. The number of carbonyl (C=O) groups excluding carboxylic acids is 1. The lowest BCUT2D eigenvalue weighted by molar-refractivity contribution is -0.115. The fourth-order valence-electron chi connectivity index (χ4n) is 3.58. The first-order valence-corrected chi connectivity index (χ1v) is 9.24. The zero-order chi connectivity index (χ0) is 18.8. The number of nitrogens with zero attached hydrogens (tertiary/aromatic N) is 2. The lowest BCUT2D eigenvalue weighted by Gasteiger charge is -2.16. The molecule has 136 valence electrons. The highest BCUT2D eigenvalue weighted by Crippen LogP contribution is 2.29. The third-order valence-electron chi connectivity index (χ3n) is 4.91. The van der Waals surface area contributed by atoms with Crippen LogP contribution in [-0.2, 0) is 4.79 Å². The van der Waals surface area contributed by atoms with Gasteiger partial charge in [-0.15, -0.1) is 0 Å². The molecule has 1 aliphatic carbocycles. The van der Waals surface area contributed by atoms with Crippen molar-refractivity contribution in [1.82, 2.24) is 4.98 Å². The van der Waals surface area contributed by atoms with Gasteiger partial charge < -0.3 is 5.11 Å². The number of anilines is 1. The Hall–Kier alpha value is -3.21. The third kappa shape index (κ3) is 3.16. The van der Waals surface area contributed by atoms with E-state index < -0.39 is 0 Å². The number of aliphatic hydroxyl groups is 1. The van der Waals surface area contributed by atoms with Crippen LogP contribution in [0.15, 0.2) is 65.0 Å². The predicted octanol–water partition coefficient (Wildman–Crippen LogP) is 5.13. The van der Waals surface area contributed by atoms with Gasteiger partial charge in [0.05, 0.1) is 16.8 Å². The first-order chi connectivity index (χ1) is 13.2. The first kappa shape index (κ1) is 17.2. The van der Waals surface area contributed by atoms with Gasteiger partial charge in [-0.05, 0) is 24.3 Å². The highest BCUT2D eigenvalue weighted by molar-refractivity contribution is 6.23. The minimum Gasteiger partial charge on any atom is -0.511 e. The molecule has 1 aromatic heterocycles. The van der Waals surface area contributed by atoms with Crippen LogP contribution in [0.4, 0.5) is 5.82 Å². The Kier molecular flexibility index (Phi) is 4.59. The number of nitrogens with one attached hydrogen (secondary N) is 1. The van der Waals surface area contributed by atoms with Gasteiger partial charge in [0.25, 0.3) is 0 Å². The summed E-state index contributed by atoms with van der Waals surface area (Å²) in [6.45, 7) is 1.93. The molecular formula is C22H21N3O2. The van der Waals surface area contributed by atoms with Gasteiger partial charge >= 0.3 is 0 Å². The zero-order valence-corrected chi connectivity index (χ0v) is 15.2. The molecule has 0 saturated carbocycles. The molecule has 2 aromatic carbocycles. The SMILES string of the molecule is CCC(=NNc1nc2ccccc2c2ccccc12)C1=C(O)CCCC1=O. The average molecular weight is 359 g/mol. The van der Waals surface area contributed by atoms with E-state index in [2.05, 4.69) is 22.7 Å². The van der Waals surface area contributed by atoms with Crippen molar-refractivity contribution in [3.8, 4) is 0 Å². The number of pyridine rings is 1. The summed E-state index contributed by atoms with van der Waals surface area (Å²) in [5, 5.41) is 17.8. The van der Waals surface area contributed by atoms with Gasteiger partial charge in [0, 0.05) is 23.6 Å². The summed E-state index contributed by atoms with van der Waals surface area (Å²) in [5.74, 6) is 0.737. The van der Waals surface area contributed by atoms with Crippen LogP contribution in [0.25, 0.3) is 21.7 Å². The lowest BCUT2D eigenvalue weighted by Crippen LogP contribution is -2.20. The van der Waals surface area contributed by atoms with Crippen molar-refractivity contribution in [3.63, 3.8) is 0 Å². The number of fused-ring (bicyclic) bond motifs is 3. The third-order valence-corrected chi connectivity index (χ3v) is 4.91. The van der Waals surface area contributed by atoms with Crippen LogP contribution < -0.4 is 5.43 Å². The minimum absolute atomic E-state index is 0.0440. The summed E-state index contributed by atoms with van der Waals surface area (Å²) >= 11 is 0. The maximum absolute atomic E-state index is 12.3. The van der Waals surface area contributed by atoms with Crippen molar-refractivity contribution >= 4 is 39.0 Å². The van der Waals surface area contributed by atoms with Crippen LogP contribution >= 0.6 is 0 Å². The highest BCUT2D eigenvalue weighted by Gasteiger charge is 2.24. The van der Waals surface area contributed by atoms with E-state index in [-0.39, 0.29) is 11.5 Å². The Morgan fingerprint density at radius 3 is 2.52 bits per heavy atom. The molecular weight excluding hydrogens is 338 g/mol. The molecule has 0 radical (unpaired) electrons. The number of aliphatic hydroxyl groups excluding tert-OH is 1. The van der Waals surface area contributed by atoms with Gasteiger partial charge in [-0.25, -0.2) is 4.98 Å². The van der Waals surface area contributed by atoms with E-state index in [0.717, 1.165) is 21.7 Å². The van der Waals surface area contributed by atoms with Crippen LogP contribution in [0.2, 0.25) is 0 Å². The van der Waals surface area contributed by atoms with E-state index in [0.29, 0.717) is 42.8 Å². The number of hydrazone groups is 1. The maximum atomic E-state index is 12.3. The molecule has 0 aliphatic heterocycles. The van der Waals surface area contributed by atoms with E-state index in [1.54, 1.807) is 0 Å². The molecule has 27 heavy (non-hydrogen) atoms. The van der Waals surface area contributed by atoms with Crippen LogP contribution in [0, 0.1) is 0 Å². The van der Waals surface area contributed by atoms with Crippen molar-refractivity contribution in [2.45, 2.75) is 32.6 Å². The van der Waals surface area contributed by atoms with E-state index in [1.165, 1.54) is 0 Å². The molecule has 0 atom stereocenters. The second-order valence-corrected chi connectivity index (χ2v) is 6.65. The number of benzene rings is 2. The summed E-state index contributed by atoms with van der Waals surface area (Å²) in [5.41, 5.74) is 4.85. The lowest BCUT2D eigenvalue weighted by atomic mass is 9.92. The van der Waals surface area contributed by atoms with Crippen molar-refractivity contribution in [2.75, 3.05) is 5.43 Å². The van der Waals surface area contributed by atoms with E-state index in [9.17, 15) is 9.90 Å². The van der Waals surface area contributed by atoms with Gasteiger partial charge in [0.15, 0.2) is 11.6 Å². The number of aromatic nitrogens is 1. The Morgan fingerprint density at radius 1 is 1.07 bits per heavy atom. The maximum Gasteiger partial charge on any atom is 0.168 e. The predicted molar refractivity (Wildman–Crippen MR) is 109 cm³/mol. The van der Waals surface area contributed by atoms with Gasteiger partial charge in [-0.3, -0.25) is 10.2 Å². The second-order valence-electron chi connectivity index (χ2n) is 6.65. The van der Waals surface area contributed by atoms with E-state index >= 15 is 0 Å². The van der Waals surface area contributed by atoms with Crippen molar-refractivity contribution in [3.05, 3.63) is 59.9 Å². The number of hydrogen-bond acceptors (Lipinski definition) is 5. The summed E-state index contributed by atoms with van der Waals surface area (Å²) in [7, 11) is 0. The summed E-state index contributed by atoms with van der Waals surface area (Å²) in [6, 6.07) is 16.0. The Morgan fingerprint density at radius 2 is 1.78 bits per heavy atom. The second kappa shape index (κ2) is 7.19. The number of hydrogen-bond donors (Lipinski definition) is 2. The number of carbonyl (C=O) groups is 1. The molecule has 5 nitrogen and oxygen atoms in total. The molecule has 0 spiro atoms. The van der Waals surface area contributed by atoms with Crippen LogP contribution in [0.1, 0.15) is 32.6 Å². The van der Waals surface area contributed by atoms with Crippen molar-refractivity contribution in [2.24, 2.45) is 5.10 Å². The normalized spacial score (nSPS) is 15.6. The molecule has 3 aromatic rings. The summed E-state index contributed by atoms with van der Waals surface area (Å²) in [4.78, 5) is 17.0. The minimum atomic E-state index is -0.0440. The molecule has 0 bridgehead atoms. The number of para-hydroxylation sites is 1. The first-order valence-electron chi connectivity index (χ1n) is 9.24. The average Bonchev–Trinajstić information content (AvgIpc) is 2.70. The number of ketones is 1. The fraction of sp³-hybridized carbons (Fsp3) is 0.227. The zero-order valence-electron chi connectivity index (χ0n) is 15.2. The van der Waals surface area contributed by atoms with Gasteiger partial charge in [0.2, 0.25) is 0 Å². The topological polar surface area (TPSA) is 74.6 Å². The van der Waals surface area contributed by atoms with Crippen LogP contribution in [-0.4, -0.2) is 21.6 Å². The van der Waals surface area contributed by atoms with Gasteiger partial charge in [0.1, 0.15) is 5.76 Å². The molecule has 4 rings (SSSR count). The summed E-state index contributed by atoms with van der Waals surface area (Å²) in [6.07, 6.45) is 2.21. The van der Waals surface area contributed by atoms with Crippen LogP contribution in [0.5, 0.6) is 0 Å². The van der Waals surface area contributed by atoms with Crippen LogP contribution in [0.3, 0.4) is 0 Å². The molecule has 1 aliphatic rings. The van der Waals surface area contributed by atoms with E-state index in [4.69, 9.17) is 4.98 Å². The van der Waals surface area contributed by atoms with Crippen molar-refractivity contribution in [1.29, 1.82) is 0 Å². The van der Waals surface area contributed by atoms with Crippen molar-refractivity contribution < 1.29 is 9.90 Å². The molecule has 5 heteroatoms. The monoisotopic (exact) mass is 359 g/mol. The summed E-state index contributed by atoms with van der Waals surface area (Å²) < 4.78 is 0. The smallest absolute Gasteiger partial charge is 0.168 e. The molecule has 1 heterocycles. The molecule has 2 N–H and O–H groups in total. The number of rotatable bonds is 4. The standard InChI is InChI=1S/C22H21N3O2/c1-2-17(21-19(26)12-7-13-20(21)27)24-25-22-16-10-4-3-8-14(16)15-9-5-6-11-18(15)23-22/h3-6,8-11,26H,2,7,12-13H2,1H3,(H,23,25).